The van der Waals surface area contributed by atoms with Gasteiger partial charge in [-0.15, -0.1) is 0 Å². The van der Waals surface area contributed by atoms with E-state index >= 15 is 0 Å². The Bertz CT molecular complexity index is 747. The molecule has 1 saturated carbocycles. The highest BCUT2D eigenvalue weighted by atomic mass is 35.5. The van der Waals surface area contributed by atoms with Crippen LogP contribution in [0.5, 0.6) is 0 Å². The summed E-state index contributed by atoms with van der Waals surface area (Å²) in [6, 6.07) is 3.64. The Morgan fingerprint density at radius 3 is 2.73 bits per heavy atom. The summed E-state index contributed by atoms with van der Waals surface area (Å²) in [5.74, 6) is -1.23. The first-order chi connectivity index (χ1) is 12.4. The molecule has 26 heavy (non-hydrogen) atoms. The van der Waals surface area contributed by atoms with Crippen LogP contribution in [0.15, 0.2) is 18.2 Å². The third-order valence-electron chi connectivity index (χ3n) is 5.31. The zero-order valence-electron chi connectivity index (χ0n) is 14.5. The van der Waals surface area contributed by atoms with Crippen LogP contribution < -0.4 is 10.6 Å². The van der Waals surface area contributed by atoms with Crippen LogP contribution in [0.1, 0.15) is 39.0 Å². The Morgan fingerprint density at radius 1 is 1.38 bits per heavy atom. The fourth-order valence-corrected chi connectivity index (χ4v) is 3.85. The number of benzene rings is 1. The number of carbonyl (C=O) groups is 3. The number of hydrogen-bond acceptors (Lipinski definition) is 3. The Kier molecular flexibility index (Phi) is 5.18. The van der Waals surface area contributed by atoms with E-state index in [4.69, 9.17) is 11.6 Å². The fourth-order valence-electron chi connectivity index (χ4n) is 3.67. The molecule has 2 aliphatic rings. The Balaban J connectivity index is 1.66. The number of carbonyl (C=O) groups excluding carboxylic acids is 3. The quantitative estimate of drug-likeness (QED) is 0.785. The number of rotatable bonds is 4. The van der Waals surface area contributed by atoms with Crippen molar-refractivity contribution in [2.45, 2.75) is 44.6 Å². The standard InChI is InChI=1S/C18H21ClFN3O3/c1-2-11-6-8-18(9-7-11)16(25)23(17(26)22-18)10-14(24)21-13-5-3-4-12(19)15(13)20/h3-5,11H,2,6-10H2,1H3,(H,21,24)(H,22,26). The van der Waals surface area contributed by atoms with Gasteiger partial charge in [0.05, 0.1) is 10.7 Å². The summed E-state index contributed by atoms with van der Waals surface area (Å²) < 4.78 is 13.9. The molecule has 0 atom stereocenters. The summed E-state index contributed by atoms with van der Waals surface area (Å²) >= 11 is 5.68. The van der Waals surface area contributed by atoms with E-state index in [1.165, 1.54) is 18.2 Å². The van der Waals surface area contributed by atoms with Crippen LogP contribution in [0.25, 0.3) is 0 Å². The van der Waals surface area contributed by atoms with Gasteiger partial charge in [0.15, 0.2) is 5.82 Å². The van der Waals surface area contributed by atoms with Gasteiger partial charge in [0, 0.05) is 0 Å². The van der Waals surface area contributed by atoms with Crippen LogP contribution in [0.2, 0.25) is 5.02 Å². The second-order valence-corrected chi connectivity index (χ2v) is 7.31. The van der Waals surface area contributed by atoms with E-state index in [9.17, 15) is 18.8 Å². The number of anilines is 1. The molecule has 1 aromatic rings. The van der Waals surface area contributed by atoms with Crippen LogP contribution in [0.3, 0.4) is 0 Å². The van der Waals surface area contributed by atoms with E-state index in [0.29, 0.717) is 18.8 Å². The first-order valence-electron chi connectivity index (χ1n) is 8.74. The third-order valence-corrected chi connectivity index (χ3v) is 5.60. The lowest BCUT2D eigenvalue weighted by Crippen LogP contribution is -2.49. The summed E-state index contributed by atoms with van der Waals surface area (Å²) in [5.41, 5.74) is -0.989. The minimum Gasteiger partial charge on any atom is -0.323 e. The average molecular weight is 382 g/mol. The second kappa shape index (κ2) is 7.23. The van der Waals surface area contributed by atoms with Gasteiger partial charge in [-0.05, 0) is 43.7 Å². The summed E-state index contributed by atoms with van der Waals surface area (Å²) in [7, 11) is 0. The van der Waals surface area contributed by atoms with Crippen LogP contribution >= 0.6 is 11.6 Å². The molecular weight excluding hydrogens is 361 g/mol. The van der Waals surface area contributed by atoms with Crippen LogP contribution in [0.4, 0.5) is 14.9 Å². The number of imide groups is 1. The smallest absolute Gasteiger partial charge is 0.323 e. The summed E-state index contributed by atoms with van der Waals surface area (Å²) in [5, 5.41) is 5.00. The Labute approximate surface area is 156 Å². The lowest BCUT2D eigenvalue weighted by atomic mass is 9.75. The van der Waals surface area contributed by atoms with Crippen LogP contribution in [-0.4, -0.2) is 34.8 Å². The largest absolute Gasteiger partial charge is 0.325 e. The van der Waals surface area contributed by atoms with Crippen molar-refractivity contribution < 1.29 is 18.8 Å². The van der Waals surface area contributed by atoms with Crippen molar-refractivity contribution in [1.82, 2.24) is 10.2 Å². The predicted molar refractivity (Wildman–Crippen MR) is 95.3 cm³/mol. The highest BCUT2D eigenvalue weighted by Crippen LogP contribution is 2.37. The highest BCUT2D eigenvalue weighted by Gasteiger charge is 2.52. The van der Waals surface area contributed by atoms with Gasteiger partial charge in [-0.2, -0.15) is 0 Å². The SMILES string of the molecule is CCC1CCC2(CC1)NC(=O)N(CC(=O)Nc1cccc(Cl)c1F)C2=O. The van der Waals surface area contributed by atoms with Gasteiger partial charge in [-0.25, -0.2) is 9.18 Å². The van der Waals surface area contributed by atoms with Gasteiger partial charge >= 0.3 is 6.03 Å². The van der Waals surface area contributed by atoms with Crippen molar-refractivity contribution >= 4 is 35.1 Å². The molecule has 0 radical (unpaired) electrons. The monoisotopic (exact) mass is 381 g/mol. The number of amides is 4. The Hall–Kier alpha value is -2.15. The first-order valence-corrected chi connectivity index (χ1v) is 9.12. The van der Waals surface area contributed by atoms with Crippen molar-refractivity contribution in [2.75, 3.05) is 11.9 Å². The van der Waals surface area contributed by atoms with Gasteiger partial charge in [-0.3, -0.25) is 14.5 Å². The molecule has 8 heteroatoms. The maximum absolute atomic E-state index is 13.9. The average Bonchev–Trinajstić information content (AvgIpc) is 2.84. The number of urea groups is 1. The number of nitrogens with one attached hydrogen (secondary N) is 2. The van der Waals surface area contributed by atoms with Crippen LogP contribution in [-0.2, 0) is 9.59 Å². The van der Waals surface area contributed by atoms with Crippen molar-refractivity contribution in [3.8, 4) is 0 Å². The molecule has 2 N–H and O–H groups in total. The number of halogens is 2. The van der Waals surface area contributed by atoms with Gasteiger partial charge in [0.25, 0.3) is 5.91 Å². The first kappa shape index (κ1) is 18.6. The molecule has 1 heterocycles. The fraction of sp³-hybridized carbons (Fsp3) is 0.500. The van der Waals surface area contributed by atoms with Gasteiger partial charge in [-0.1, -0.05) is 31.0 Å². The molecule has 2 fully saturated rings. The predicted octanol–water partition coefficient (Wildman–Crippen LogP) is 3.31. The molecule has 140 valence electrons. The molecule has 4 amide bonds. The zero-order chi connectivity index (χ0) is 18.9. The summed E-state index contributed by atoms with van der Waals surface area (Å²) in [6.07, 6.45) is 3.95. The molecule has 3 rings (SSSR count). The van der Waals surface area contributed by atoms with Crippen molar-refractivity contribution in [2.24, 2.45) is 5.92 Å². The lowest BCUT2D eigenvalue weighted by Gasteiger charge is -2.34. The molecule has 1 saturated heterocycles. The zero-order valence-corrected chi connectivity index (χ0v) is 15.2. The normalized spacial score (nSPS) is 25.5. The molecule has 1 aromatic carbocycles. The van der Waals surface area contributed by atoms with Crippen LogP contribution in [0, 0.1) is 11.7 Å². The van der Waals surface area contributed by atoms with Gasteiger partial charge < -0.3 is 10.6 Å². The van der Waals surface area contributed by atoms with Crippen molar-refractivity contribution in [1.29, 1.82) is 0 Å². The maximum Gasteiger partial charge on any atom is 0.325 e. The molecular formula is C18H21ClFN3O3. The topological polar surface area (TPSA) is 78.5 Å². The highest BCUT2D eigenvalue weighted by molar-refractivity contribution is 6.31. The number of hydrogen-bond donors (Lipinski definition) is 2. The summed E-state index contributed by atoms with van der Waals surface area (Å²) in [4.78, 5) is 38.1. The third kappa shape index (κ3) is 3.40. The van der Waals surface area contributed by atoms with Gasteiger partial charge in [0.2, 0.25) is 5.91 Å². The Morgan fingerprint density at radius 2 is 2.08 bits per heavy atom. The van der Waals surface area contributed by atoms with Gasteiger partial charge in [0.1, 0.15) is 12.1 Å². The van der Waals surface area contributed by atoms with E-state index < -0.39 is 29.8 Å². The second-order valence-electron chi connectivity index (χ2n) is 6.90. The molecule has 6 nitrogen and oxygen atoms in total. The van der Waals surface area contributed by atoms with E-state index in [-0.39, 0.29) is 16.6 Å². The molecule has 1 aliphatic carbocycles. The van der Waals surface area contributed by atoms with Crippen molar-refractivity contribution in [3.05, 3.63) is 29.0 Å². The van der Waals surface area contributed by atoms with Crippen molar-refractivity contribution in [3.63, 3.8) is 0 Å². The van der Waals surface area contributed by atoms with E-state index in [1.54, 1.807) is 0 Å². The molecule has 0 bridgehead atoms. The minimum absolute atomic E-state index is 0.0901. The summed E-state index contributed by atoms with van der Waals surface area (Å²) in [6.45, 7) is 1.65. The maximum atomic E-state index is 13.9. The van der Waals surface area contributed by atoms with E-state index in [1.807, 2.05) is 0 Å². The lowest BCUT2D eigenvalue weighted by molar-refractivity contribution is -0.135. The molecule has 1 aliphatic heterocycles. The molecule has 1 spiro atoms. The minimum atomic E-state index is -0.898. The van der Waals surface area contributed by atoms with E-state index in [2.05, 4.69) is 17.6 Å². The molecule has 0 aromatic heterocycles. The molecule has 0 unspecified atom stereocenters. The number of nitrogens with zero attached hydrogens (tertiary/aromatic N) is 1. The van der Waals surface area contributed by atoms with E-state index in [0.717, 1.165) is 24.2 Å².